The zero-order chi connectivity index (χ0) is 22.0. The van der Waals surface area contributed by atoms with Crippen LogP contribution in [0.1, 0.15) is 0 Å². The third-order valence-corrected chi connectivity index (χ3v) is 4.44. The molecule has 0 saturated heterocycles. The van der Waals surface area contributed by atoms with Crippen LogP contribution in [-0.4, -0.2) is 50.4 Å². The molecule has 0 atom stereocenters. The van der Waals surface area contributed by atoms with Crippen molar-refractivity contribution in [3.8, 4) is 11.1 Å². The highest BCUT2D eigenvalue weighted by Crippen LogP contribution is 2.40. The summed E-state index contributed by atoms with van der Waals surface area (Å²) in [4.78, 5) is 11.6. The summed E-state index contributed by atoms with van der Waals surface area (Å²) in [6.45, 7) is -0.204. The number of H-pyrrole nitrogens is 1. The van der Waals surface area contributed by atoms with Crippen molar-refractivity contribution in [2.24, 2.45) is 11.6 Å². The first-order valence-corrected chi connectivity index (χ1v) is 8.83. The normalized spacial score (nSPS) is 12.0. The number of carbonyl (C=O) groups excluding carboxylic acids is 1. The number of hydrogen-bond acceptors (Lipinski definition) is 6. The lowest BCUT2D eigenvalue weighted by Gasteiger charge is -2.15. The van der Waals surface area contributed by atoms with E-state index in [1.54, 1.807) is 0 Å². The molecule has 9 nitrogen and oxygen atoms in total. The van der Waals surface area contributed by atoms with Crippen LogP contribution >= 0.6 is 11.6 Å². The molecule has 1 amide bonds. The van der Waals surface area contributed by atoms with Crippen LogP contribution in [0.5, 0.6) is 0 Å². The number of alkyl halides is 2. The van der Waals surface area contributed by atoms with Crippen LogP contribution in [0.15, 0.2) is 30.9 Å². The Balaban J connectivity index is 2.31. The van der Waals surface area contributed by atoms with Crippen molar-refractivity contribution in [2.75, 3.05) is 18.5 Å². The Morgan fingerprint density at radius 3 is 2.83 bits per heavy atom. The number of hydrogen-bond donors (Lipinski definition) is 5. The van der Waals surface area contributed by atoms with Gasteiger partial charge in [0.2, 0.25) is 0 Å². The predicted molar refractivity (Wildman–Crippen MR) is 106 cm³/mol. The van der Waals surface area contributed by atoms with Crippen molar-refractivity contribution in [3.05, 3.63) is 41.7 Å². The fourth-order valence-electron chi connectivity index (χ4n) is 2.89. The summed E-state index contributed by atoms with van der Waals surface area (Å²) in [6.07, 6.45) is 2.28. The molecule has 3 rings (SSSR count). The Morgan fingerprint density at radius 2 is 2.23 bits per heavy atom. The minimum Gasteiger partial charge on any atom is -0.394 e. The van der Waals surface area contributed by atoms with Gasteiger partial charge in [-0.2, -0.15) is 13.9 Å². The molecule has 3 aromatic rings. The summed E-state index contributed by atoms with van der Waals surface area (Å²) < 4.78 is 41.9. The highest BCUT2D eigenvalue weighted by Gasteiger charge is 2.24. The molecular weight excluding hydrogens is 427 g/mol. The smallest absolute Gasteiger partial charge is 0.315 e. The van der Waals surface area contributed by atoms with Gasteiger partial charge in [-0.05, 0) is 6.07 Å². The summed E-state index contributed by atoms with van der Waals surface area (Å²) >= 11 is 5.95. The lowest BCUT2D eigenvalue weighted by Crippen LogP contribution is -2.29. The molecule has 0 bridgehead atoms. The molecule has 30 heavy (non-hydrogen) atoms. The predicted octanol–water partition coefficient (Wildman–Crippen LogP) is 1.91. The number of hydrazine groups is 1. The summed E-state index contributed by atoms with van der Waals surface area (Å²) in [7, 11) is 0. The van der Waals surface area contributed by atoms with Crippen LogP contribution in [0, 0.1) is 5.82 Å². The Kier molecular flexibility index (Phi) is 6.20. The molecule has 0 fully saturated rings. The Hall–Kier alpha value is -3.22. The van der Waals surface area contributed by atoms with Crippen molar-refractivity contribution in [2.45, 2.75) is 6.43 Å². The van der Waals surface area contributed by atoms with E-state index in [-0.39, 0.29) is 35.6 Å². The maximum atomic E-state index is 15.0. The summed E-state index contributed by atoms with van der Waals surface area (Å²) in [5.74, 6) is 3.17. The minimum absolute atomic E-state index is 0.0490. The number of benzene rings is 1. The fraction of sp³-hybridized carbons (Fsp3) is 0.176. The average Bonchev–Trinajstić information content (AvgIpc) is 3.33. The lowest BCUT2D eigenvalue weighted by molar-refractivity contribution is -0.126. The van der Waals surface area contributed by atoms with Gasteiger partial charge in [0.1, 0.15) is 5.82 Å². The first-order chi connectivity index (χ1) is 14.2. The summed E-state index contributed by atoms with van der Waals surface area (Å²) in [5, 5.41) is 18.2. The van der Waals surface area contributed by atoms with E-state index >= 15 is 4.39 Å². The van der Waals surface area contributed by atoms with Crippen molar-refractivity contribution in [3.63, 3.8) is 0 Å². The number of aliphatic hydroxyl groups is 1. The number of amides is 1. The highest BCUT2D eigenvalue weighted by molar-refractivity contribution is 6.32. The van der Waals surface area contributed by atoms with Gasteiger partial charge in [-0.3, -0.25) is 14.5 Å². The lowest BCUT2D eigenvalue weighted by atomic mass is 10.1. The zero-order valence-electron chi connectivity index (χ0n) is 15.2. The number of carbonyl (C=O) groups is 1. The Morgan fingerprint density at radius 1 is 1.50 bits per heavy atom. The second-order valence-electron chi connectivity index (χ2n) is 6.15. The number of fused-ring (bicyclic) bond motifs is 1. The second-order valence-corrected chi connectivity index (χ2v) is 6.56. The van der Waals surface area contributed by atoms with Crippen LogP contribution in [-0.2, 0) is 4.79 Å². The van der Waals surface area contributed by atoms with E-state index in [0.717, 1.165) is 11.1 Å². The van der Waals surface area contributed by atoms with Crippen LogP contribution < -0.4 is 16.9 Å². The molecular formula is C17H17ClF3N7O2. The third kappa shape index (κ3) is 4.06. The molecule has 2 heterocycles. The van der Waals surface area contributed by atoms with Gasteiger partial charge in [0, 0.05) is 28.9 Å². The van der Waals surface area contributed by atoms with Gasteiger partial charge in [0.25, 0.3) is 5.91 Å². The van der Waals surface area contributed by atoms with Crippen LogP contribution in [0.3, 0.4) is 0 Å². The number of halogens is 4. The van der Waals surface area contributed by atoms with Gasteiger partial charge in [0.05, 0.1) is 41.8 Å². The van der Waals surface area contributed by atoms with Gasteiger partial charge in [-0.25, -0.2) is 10.2 Å². The number of aliphatic hydroxyl groups excluding tert-OH is 1. The van der Waals surface area contributed by atoms with E-state index in [1.165, 1.54) is 29.4 Å². The second kappa shape index (κ2) is 8.65. The van der Waals surface area contributed by atoms with E-state index < -0.39 is 23.2 Å². The van der Waals surface area contributed by atoms with Gasteiger partial charge in [-0.15, -0.1) is 0 Å². The average molecular weight is 444 g/mol. The van der Waals surface area contributed by atoms with E-state index in [4.69, 9.17) is 28.3 Å². The molecule has 0 unspecified atom stereocenters. The minimum atomic E-state index is -3.29. The Bertz CT molecular complexity index is 1100. The molecule has 0 saturated carbocycles. The molecule has 13 heteroatoms. The van der Waals surface area contributed by atoms with Gasteiger partial charge in [0.15, 0.2) is 5.82 Å². The van der Waals surface area contributed by atoms with Crippen molar-refractivity contribution in [1.29, 1.82) is 0 Å². The number of aromatic nitrogens is 3. The van der Waals surface area contributed by atoms with E-state index in [2.05, 4.69) is 15.5 Å². The number of aromatic amines is 1. The zero-order valence-corrected chi connectivity index (χ0v) is 16.0. The van der Waals surface area contributed by atoms with E-state index in [0.29, 0.717) is 11.1 Å². The van der Waals surface area contributed by atoms with Crippen LogP contribution in [0.25, 0.3) is 27.9 Å². The quantitative estimate of drug-likeness (QED) is 0.279. The molecule has 0 aliphatic carbocycles. The van der Waals surface area contributed by atoms with E-state index in [1.807, 2.05) is 0 Å². The molecule has 2 aromatic heterocycles. The first kappa shape index (κ1) is 21.5. The number of nitrogens with zero attached hydrogens (tertiary/aromatic N) is 3. The maximum Gasteiger partial charge on any atom is 0.315 e. The molecule has 7 N–H and O–H groups in total. The molecule has 0 radical (unpaired) electrons. The SMILES string of the molecule is N/C(=C\N(N)CCO)n1cc(-c2cn[nH]c2)c2c(NC(=O)C(F)F)cc(Cl)c(F)c21. The molecule has 1 aromatic carbocycles. The summed E-state index contributed by atoms with van der Waals surface area (Å²) in [5.41, 5.74) is 6.56. The number of rotatable bonds is 7. The highest BCUT2D eigenvalue weighted by atomic mass is 35.5. The molecule has 0 spiro atoms. The number of nitrogens with two attached hydrogens (primary N) is 2. The van der Waals surface area contributed by atoms with Crippen molar-refractivity contribution in [1.82, 2.24) is 19.8 Å². The standard InChI is InChI=1S/C17H17ClF3N7O2/c18-10-3-11(26-17(30)16(20)21)13-9(8-4-24-25-5-8)6-28(15(13)14(10)19)12(22)7-27(23)1-2-29/h3-7,16,29H,1-2,22-23H2,(H,24,25)(H,26,30)/b12-7+. The van der Waals surface area contributed by atoms with Gasteiger partial charge in [-0.1, -0.05) is 11.6 Å². The number of anilines is 1. The first-order valence-electron chi connectivity index (χ1n) is 8.45. The van der Waals surface area contributed by atoms with Gasteiger partial charge < -0.3 is 21.2 Å². The van der Waals surface area contributed by atoms with Crippen molar-refractivity contribution >= 4 is 39.9 Å². The fourth-order valence-corrected chi connectivity index (χ4v) is 3.09. The Labute approximate surface area is 172 Å². The molecule has 0 aliphatic heterocycles. The van der Waals surface area contributed by atoms with E-state index in [9.17, 15) is 13.6 Å². The maximum absolute atomic E-state index is 15.0. The van der Waals surface area contributed by atoms with Crippen LogP contribution in [0.2, 0.25) is 5.02 Å². The number of nitrogens with one attached hydrogen (secondary N) is 2. The summed E-state index contributed by atoms with van der Waals surface area (Å²) in [6, 6.07) is 1.04. The molecule has 0 aliphatic rings. The third-order valence-electron chi connectivity index (χ3n) is 4.16. The topological polar surface area (TPSA) is 138 Å². The van der Waals surface area contributed by atoms with Crippen LogP contribution in [0.4, 0.5) is 18.9 Å². The molecule has 160 valence electrons. The monoisotopic (exact) mass is 443 g/mol. The van der Waals surface area contributed by atoms with Crippen molar-refractivity contribution < 1.29 is 23.1 Å². The largest absolute Gasteiger partial charge is 0.394 e. The van der Waals surface area contributed by atoms with Gasteiger partial charge >= 0.3 is 6.43 Å².